The second-order valence-corrected chi connectivity index (χ2v) is 9.24. The lowest BCUT2D eigenvalue weighted by atomic mass is 9.77. The van der Waals surface area contributed by atoms with E-state index in [1.807, 2.05) is 12.1 Å². The molecule has 2 aliphatic rings. The van der Waals surface area contributed by atoms with Gasteiger partial charge in [-0.25, -0.2) is 9.59 Å². The van der Waals surface area contributed by atoms with Gasteiger partial charge in [0.25, 0.3) is 0 Å². The van der Waals surface area contributed by atoms with Crippen LogP contribution >= 0.6 is 11.3 Å². The number of nitrogens with zero attached hydrogens (tertiary/aromatic N) is 2. The summed E-state index contributed by atoms with van der Waals surface area (Å²) in [4.78, 5) is 38.2. The molecule has 38 heavy (non-hydrogen) atoms. The summed E-state index contributed by atoms with van der Waals surface area (Å²) in [5.41, 5.74) is -0.306. The van der Waals surface area contributed by atoms with Crippen LogP contribution in [0.1, 0.15) is 11.3 Å². The van der Waals surface area contributed by atoms with Crippen molar-refractivity contribution in [2.45, 2.75) is 25.3 Å². The van der Waals surface area contributed by atoms with E-state index in [4.69, 9.17) is 24.5 Å². The second-order valence-electron chi connectivity index (χ2n) is 8.21. The molecule has 0 saturated carbocycles. The number of carboxylic acids is 2. The fourth-order valence-corrected chi connectivity index (χ4v) is 4.56. The number of hydrogen-bond donors (Lipinski definition) is 3. The van der Waals surface area contributed by atoms with E-state index in [2.05, 4.69) is 32.7 Å². The number of thiophene rings is 1. The first-order valence-electron chi connectivity index (χ1n) is 10.8. The summed E-state index contributed by atoms with van der Waals surface area (Å²) < 4.78 is 69.4. The molecule has 4 heterocycles. The molecular formula is C22H23F6N3O6S. The minimum absolute atomic E-state index is 0.191. The highest BCUT2D eigenvalue weighted by Crippen LogP contribution is 2.42. The zero-order valence-electron chi connectivity index (χ0n) is 19.5. The van der Waals surface area contributed by atoms with Crippen molar-refractivity contribution in [1.82, 2.24) is 15.2 Å². The van der Waals surface area contributed by atoms with E-state index in [-0.39, 0.29) is 17.2 Å². The third-order valence-electron chi connectivity index (χ3n) is 5.65. The SMILES string of the molecule is O=C(O)C(F)(F)F.O=C(O)C(F)(F)F.O=C1NC[C@H](COc2cccnc2)[C@]12CCN(Cc1cccs1)C2. The number of carbonyl (C=O) groups excluding carboxylic acids is 1. The smallest absolute Gasteiger partial charge is 0.490 e. The zero-order chi connectivity index (χ0) is 28.6. The van der Waals surface area contributed by atoms with E-state index < -0.39 is 24.3 Å². The third-order valence-corrected chi connectivity index (χ3v) is 6.51. The lowest BCUT2D eigenvalue weighted by Gasteiger charge is -2.28. The predicted octanol–water partition coefficient (Wildman–Crippen LogP) is 3.43. The Kier molecular flexibility index (Phi) is 10.5. The van der Waals surface area contributed by atoms with Crippen LogP contribution in [0.15, 0.2) is 42.0 Å². The lowest BCUT2D eigenvalue weighted by Crippen LogP contribution is -2.40. The molecule has 2 aromatic heterocycles. The van der Waals surface area contributed by atoms with E-state index in [0.29, 0.717) is 13.2 Å². The molecule has 16 heteroatoms. The van der Waals surface area contributed by atoms with Gasteiger partial charge in [0, 0.05) is 36.6 Å². The van der Waals surface area contributed by atoms with Crippen LogP contribution in [0.25, 0.3) is 0 Å². The average molecular weight is 571 g/mol. The predicted molar refractivity (Wildman–Crippen MR) is 120 cm³/mol. The normalized spacial score (nSPS) is 21.1. The molecule has 1 amide bonds. The van der Waals surface area contributed by atoms with Crippen LogP contribution in [-0.4, -0.2) is 76.5 Å². The van der Waals surface area contributed by atoms with Crippen LogP contribution in [0.5, 0.6) is 5.75 Å². The molecule has 9 nitrogen and oxygen atoms in total. The Morgan fingerprint density at radius 3 is 2.26 bits per heavy atom. The molecule has 2 aromatic rings. The molecule has 4 rings (SSSR count). The van der Waals surface area contributed by atoms with E-state index in [1.54, 1.807) is 23.7 Å². The number of hydrogen-bond acceptors (Lipinski definition) is 7. The molecule has 3 N–H and O–H groups in total. The molecule has 0 bridgehead atoms. The van der Waals surface area contributed by atoms with E-state index >= 15 is 0 Å². The molecule has 0 unspecified atom stereocenters. The van der Waals surface area contributed by atoms with Crippen molar-refractivity contribution in [3.63, 3.8) is 0 Å². The molecule has 2 fully saturated rings. The molecule has 2 saturated heterocycles. The number of carboxylic acid groups (broad SMARTS) is 2. The molecule has 1 spiro atoms. The Hall–Kier alpha value is -3.40. The molecule has 0 aliphatic carbocycles. The molecule has 2 aliphatic heterocycles. The largest absolute Gasteiger partial charge is 0.492 e. The van der Waals surface area contributed by atoms with Crippen molar-refractivity contribution in [2.24, 2.45) is 11.3 Å². The number of ether oxygens (including phenoxy) is 1. The van der Waals surface area contributed by atoms with Crippen LogP contribution in [-0.2, 0) is 20.9 Å². The van der Waals surface area contributed by atoms with Crippen LogP contribution in [0.4, 0.5) is 26.3 Å². The fourth-order valence-electron chi connectivity index (χ4n) is 3.81. The number of amides is 1. The van der Waals surface area contributed by atoms with Gasteiger partial charge in [0.2, 0.25) is 5.91 Å². The molecular weight excluding hydrogens is 548 g/mol. The van der Waals surface area contributed by atoms with Gasteiger partial charge in [-0.1, -0.05) is 6.07 Å². The first-order chi connectivity index (χ1) is 17.6. The molecule has 0 aromatic carbocycles. The van der Waals surface area contributed by atoms with E-state index in [0.717, 1.165) is 31.8 Å². The van der Waals surface area contributed by atoms with Gasteiger partial charge in [0.15, 0.2) is 0 Å². The summed E-state index contributed by atoms with van der Waals surface area (Å²) >= 11 is 1.78. The van der Waals surface area contributed by atoms with Gasteiger partial charge in [-0.2, -0.15) is 26.3 Å². The Bertz CT molecular complexity index is 1040. The van der Waals surface area contributed by atoms with Gasteiger partial charge < -0.3 is 20.3 Å². The number of rotatable bonds is 5. The van der Waals surface area contributed by atoms with Crippen molar-refractivity contribution < 1.29 is 55.7 Å². The van der Waals surface area contributed by atoms with Crippen LogP contribution in [0.2, 0.25) is 0 Å². The zero-order valence-corrected chi connectivity index (χ0v) is 20.3. The number of likely N-dealkylation sites (tertiary alicyclic amines) is 1. The Morgan fingerprint density at radius 1 is 1.13 bits per heavy atom. The quantitative estimate of drug-likeness (QED) is 0.466. The van der Waals surface area contributed by atoms with Gasteiger partial charge in [-0.3, -0.25) is 14.7 Å². The minimum atomic E-state index is -5.08. The summed E-state index contributed by atoms with van der Waals surface area (Å²) in [5, 5.41) is 19.4. The molecule has 2 atom stereocenters. The Balaban J connectivity index is 0.000000301. The van der Waals surface area contributed by atoms with Crippen LogP contribution in [0, 0.1) is 11.3 Å². The number of nitrogens with one attached hydrogen (secondary N) is 1. The number of alkyl halides is 6. The monoisotopic (exact) mass is 571 g/mol. The third kappa shape index (κ3) is 8.86. The highest BCUT2D eigenvalue weighted by atomic mass is 32.1. The lowest BCUT2D eigenvalue weighted by molar-refractivity contribution is -0.193. The minimum Gasteiger partial charge on any atom is -0.492 e. The highest BCUT2D eigenvalue weighted by Gasteiger charge is 2.54. The Morgan fingerprint density at radius 2 is 1.76 bits per heavy atom. The van der Waals surface area contributed by atoms with E-state index in [1.165, 1.54) is 4.88 Å². The van der Waals surface area contributed by atoms with Crippen LogP contribution in [0.3, 0.4) is 0 Å². The Labute approximate surface area is 216 Å². The number of aromatic nitrogens is 1. The maximum atomic E-state index is 12.6. The van der Waals surface area contributed by atoms with Crippen LogP contribution < -0.4 is 10.1 Å². The second kappa shape index (κ2) is 12.9. The summed E-state index contributed by atoms with van der Waals surface area (Å²) in [6.45, 7) is 3.97. The standard InChI is InChI=1S/C18H21N3O2S.2C2HF3O2/c22-17-18(5-7-21(13-18)11-16-4-2-8-24-16)14(9-20-17)12-23-15-3-1-6-19-10-15;2*3-2(4,5)1(6)7/h1-4,6,8,10,14H,5,7,9,11-13H2,(H,20,22);2*(H,6,7)/t14-,18-;;/m1../s1. The van der Waals surface area contributed by atoms with Crippen molar-refractivity contribution in [1.29, 1.82) is 0 Å². The number of carbonyl (C=O) groups is 3. The number of aliphatic carboxylic acids is 2. The summed E-state index contributed by atoms with van der Waals surface area (Å²) in [6.07, 6.45) is -5.81. The van der Waals surface area contributed by atoms with Crippen molar-refractivity contribution in [3.8, 4) is 5.75 Å². The maximum absolute atomic E-state index is 12.6. The number of halogens is 6. The summed E-state index contributed by atoms with van der Waals surface area (Å²) in [6, 6.07) is 8.01. The van der Waals surface area contributed by atoms with Gasteiger partial charge in [-0.05, 0) is 36.5 Å². The topological polar surface area (TPSA) is 129 Å². The van der Waals surface area contributed by atoms with Gasteiger partial charge >= 0.3 is 24.3 Å². The first-order valence-corrected chi connectivity index (χ1v) is 11.7. The highest BCUT2D eigenvalue weighted by molar-refractivity contribution is 7.09. The average Bonchev–Trinajstić information content (AvgIpc) is 3.56. The van der Waals surface area contributed by atoms with Gasteiger partial charge in [-0.15, -0.1) is 11.3 Å². The van der Waals surface area contributed by atoms with Gasteiger partial charge in [0.1, 0.15) is 5.75 Å². The van der Waals surface area contributed by atoms with Gasteiger partial charge in [0.05, 0.1) is 18.2 Å². The maximum Gasteiger partial charge on any atom is 0.490 e. The van der Waals surface area contributed by atoms with Crippen molar-refractivity contribution in [3.05, 3.63) is 46.9 Å². The van der Waals surface area contributed by atoms with Crippen molar-refractivity contribution >= 4 is 29.2 Å². The fraction of sp³-hybridized carbons (Fsp3) is 0.455. The van der Waals surface area contributed by atoms with E-state index in [9.17, 15) is 31.1 Å². The first kappa shape index (κ1) is 30.8. The molecule has 210 valence electrons. The summed E-state index contributed by atoms with van der Waals surface area (Å²) in [7, 11) is 0. The summed E-state index contributed by atoms with van der Waals surface area (Å²) in [5.74, 6) is -4.35. The molecule has 0 radical (unpaired) electrons. The number of pyridine rings is 1. The van der Waals surface area contributed by atoms with Crippen molar-refractivity contribution in [2.75, 3.05) is 26.2 Å².